The Morgan fingerprint density at radius 3 is 2.39 bits per heavy atom. The first-order chi connectivity index (χ1) is 8.45. The van der Waals surface area contributed by atoms with Gasteiger partial charge in [-0.2, -0.15) is 0 Å². The second-order valence-electron chi connectivity index (χ2n) is 5.05. The summed E-state index contributed by atoms with van der Waals surface area (Å²) in [6.45, 7) is 7.31. The second-order valence-corrected chi connectivity index (χ2v) is 5.05. The Morgan fingerprint density at radius 2 is 1.89 bits per heavy atom. The van der Waals surface area contributed by atoms with Gasteiger partial charge in [0.2, 0.25) is 0 Å². The summed E-state index contributed by atoms with van der Waals surface area (Å²) in [5.74, 6) is -0.167. The van der Waals surface area contributed by atoms with Gasteiger partial charge >= 0.3 is 12.0 Å². The van der Waals surface area contributed by atoms with Crippen LogP contribution in [0.5, 0.6) is 0 Å². The van der Waals surface area contributed by atoms with Crippen LogP contribution >= 0.6 is 0 Å². The minimum absolute atomic E-state index is 0.00362. The molecule has 106 valence electrons. The quantitative estimate of drug-likeness (QED) is 0.555. The van der Waals surface area contributed by atoms with Gasteiger partial charge in [0, 0.05) is 19.5 Å². The molecule has 0 aliphatic carbocycles. The van der Waals surface area contributed by atoms with Gasteiger partial charge in [-0.3, -0.25) is 4.79 Å². The van der Waals surface area contributed by atoms with Crippen molar-refractivity contribution in [3.63, 3.8) is 0 Å². The summed E-state index contributed by atoms with van der Waals surface area (Å²) in [7, 11) is 0. The molecule has 3 N–H and O–H groups in total. The number of carbonyl (C=O) groups is 2. The van der Waals surface area contributed by atoms with Gasteiger partial charge in [-0.1, -0.05) is 27.2 Å². The number of hydrogen-bond donors (Lipinski definition) is 3. The Labute approximate surface area is 109 Å². The van der Waals surface area contributed by atoms with E-state index in [-0.39, 0.29) is 18.4 Å². The van der Waals surface area contributed by atoms with Crippen LogP contribution in [0.15, 0.2) is 0 Å². The number of aliphatic carboxylic acids is 1. The zero-order chi connectivity index (χ0) is 14.0. The average molecular weight is 258 g/mol. The minimum Gasteiger partial charge on any atom is -0.481 e. The molecule has 18 heavy (non-hydrogen) atoms. The van der Waals surface area contributed by atoms with Gasteiger partial charge in [0.05, 0.1) is 0 Å². The van der Waals surface area contributed by atoms with Gasteiger partial charge < -0.3 is 15.7 Å². The summed E-state index contributed by atoms with van der Waals surface area (Å²) in [5.41, 5.74) is 0. The van der Waals surface area contributed by atoms with E-state index in [1.54, 1.807) is 0 Å². The van der Waals surface area contributed by atoms with Crippen molar-refractivity contribution in [1.29, 1.82) is 0 Å². The fourth-order valence-electron chi connectivity index (χ4n) is 1.62. The third-order valence-corrected chi connectivity index (χ3v) is 2.84. The highest BCUT2D eigenvalue weighted by Crippen LogP contribution is 2.06. The van der Waals surface area contributed by atoms with E-state index in [4.69, 9.17) is 5.11 Å². The lowest BCUT2D eigenvalue weighted by Gasteiger charge is -2.14. The first kappa shape index (κ1) is 16.7. The first-order valence-electron chi connectivity index (χ1n) is 6.69. The number of hydrogen-bond acceptors (Lipinski definition) is 2. The topological polar surface area (TPSA) is 78.4 Å². The van der Waals surface area contributed by atoms with Gasteiger partial charge in [-0.15, -0.1) is 0 Å². The largest absolute Gasteiger partial charge is 0.481 e. The predicted octanol–water partition coefficient (Wildman–Crippen LogP) is 2.22. The molecule has 0 heterocycles. The molecule has 0 saturated heterocycles. The molecule has 0 saturated carbocycles. The molecule has 1 atom stereocenters. The van der Waals surface area contributed by atoms with Crippen molar-refractivity contribution in [2.45, 2.75) is 46.5 Å². The Kier molecular flexibility index (Phi) is 9.06. The molecule has 0 spiro atoms. The van der Waals surface area contributed by atoms with E-state index >= 15 is 0 Å². The van der Waals surface area contributed by atoms with Crippen molar-refractivity contribution in [3.05, 3.63) is 0 Å². The SMILES string of the molecule is CCC(CNC(=O)NCCCC(C)C)CC(=O)O. The van der Waals surface area contributed by atoms with Crippen LogP contribution in [0.1, 0.15) is 46.5 Å². The molecule has 0 aromatic heterocycles. The summed E-state index contributed by atoms with van der Waals surface area (Å²) in [6.07, 6.45) is 2.92. The highest BCUT2D eigenvalue weighted by Gasteiger charge is 2.12. The van der Waals surface area contributed by atoms with Crippen LogP contribution < -0.4 is 10.6 Å². The Balaban J connectivity index is 3.64. The summed E-state index contributed by atoms with van der Waals surface area (Å²) in [4.78, 5) is 22.0. The van der Waals surface area contributed by atoms with Crippen LogP contribution in [0.3, 0.4) is 0 Å². The number of carboxylic acid groups (broad SMARTS) is 1. The fraction of sp³-hybridized carbons (Fsp3) is 0.846. The molecule has 5 nitrogen and oxygen atoms in total. The maximum atomic E-state index is 11.4. The fourth-order valence-corrected chi connectivity index (χ4v) is 1.62. The molecule has 0 rings (SSSR count). The van der Waals surface area contributed by atoms with Crippen LogP contribution in [0, 0.1) is 11.8 Å². The van der Waals surface area contributed by atoms with Crippen molar-refractivity contribution < 1.29 is 14.7 Å². The zero-order valence-corrected chi connectivity index (χ0v) is 11.7. The lowest BCUT2D eigenvalue weighted by atomic mass is 10.0. The molecule has 0 aromatic rings. The molecule has 2 amide bonds. The molecule has 0 aliphatic heterocycles. The van der Waals surface area contributed by atoms with E-state index in [9.17, 15) is 9.59 Å². The zero-order valence-electron chi connectivity index (χ0n) is 11.7. The lowest BCUT2D eigenvalue weighted by Crippen LogP contribution is -2.39. The minimum atomic E-state index is -0.819. The third kappa shape index (κ3) is 9.93. The first-order valence-corrected chi connectivity index (χ1v) is 6.69. The number of urea groups is 1. The van der Waals surface area contributed by atoms with E-state index < -0.39 is 5.97 Å². The Hall–Kier alpha value is -1.26. The molecule has 5 heteroatoms. The molecule has 0 radical (unpaired) electrons. The highest BCUT2D eigenvalue weighted by atomic mass is 16.4. The van der Waals surface area contributed by atoms with Crippen LogP contribution in [-0.4, -0.2) is 30.2 Å². The maximum absolute atomic E-state index is 11.4. The number of carbonyl (C=O) groups excluding carboxylic acids is 1. The van der Waals surface area contributed by atoms with E-state index in [0.29, 0.717) is 19.0 Å². The van der Waals surface area contributed by atoms with E-state index in [2.05, 4.69) is 24.5 Å². The van der Waals surface area contributed by atoms with Gasteiger partial charge in [-0.25, -0.2) is 4.79 Å². The van der Waals surface area contributed by atoms with E-state index in [1.807, 2.05) is 6.92 Å². The van der Waals surface area contributed by atoms with Gasteiger partial charge in [0.15, 0.2) is 0 Å². The summed E-state index contributed by atoms with van der Waals surface area (Å²) >= 11 is 0. The van der Waals surface area contributed by atoms with E-state index in [1.165, 1.54) is 0 Å². The van der Waals surface area contributed by atoms with E-state index in [0.717, 1.165) is 19.3 Å². The van der Waals surface area contributed by atoms with Crippen LogP contribution in [0.4, 0.5) is 4.79 Å². The number of amides is 2. The van der Waals surface area contributed by atoms with Crippen molar-refractivity contribution in [2.24, 2.45) is 11.8 Å². The smallest absolute Gasteiger partial charge is 0.314 e. The van der Waals surface area contributed by atoms with Crippen molar-refractivity contribution in [3.8, 4) is 0 Å². The summed E-state index contributed by atoms with van der Waals surface area (Å²) < 4.78 is 0. The Morgan fingerprint density at radius 1 is 1.22 bits per heavy atom. The summed E-state index contributed by atoms with van der Waals surface area (Å²) in [5, 5.41) is 14.2. The number of carboxylic acids is 1. The maximum Gasteiger partial charge on any atom is 0.314 e. The monoisotopic (exact) mass is 258 g/mol. The third-order valence-electron chi connectivity index (χ3n) is 2.84. The molecular weight excluding hydrogens is 232 g/mol. The molecule has 0 bridgehead atoms. The van der Waals surface area contributed by atoms with Gasteiger partial charge in [0.25, 0.3) is 0 Å². The van der Waals surface area contributed by atoms with Crippen molar-refractivity contribution >= 4 is 12.0 Å². The van der Waals surface area contributed by atoms with Gasteiger partial charge in [0.1, 0.15) is 0 Å². The van der Waals surface area contributed by atoms with Gasteiger partial charge in [-0.05, 0) is 24.7 Å². The number of nitrogens with one attached hydrogen (secondary N) is 2. The van der Waals surface area contributed by atoms with Crippen molar-refractivity contribution in [2.75, 3.05) is 13.1 Å². The second kappa shape index (κ2) is 9.74. The standard InChI is InChI=1S/C13H26N2O3/c1-4-11(8-12(16)17)9-15-13(18)14-7-5-6-10(2)3/h10-11H,4-9H2,1-3H3,(H,16,17)(H2,14,15,18). The molecule has 0 fully saturated rings. The molecule has 0 aromatic carbocycles. The van der Waals surface area contributed by atoms with Crippen LogP contribution in [-0.2, 0) is 4.79 Å². The predicted molar refractivity (Wildman–Crippen MR) is 71.5 cm³/mol. The summed E-state index contributed by atoms with van der Waals surface area (Å²) in [6, 6.07) is -0.206. The van der Waals surface area contributed by atoms with Crippen LogP contribution in [0.25, 0.3) is 0 Å². The van der Waals surface area contributed by atoms with Crippen LogP contribution in [0.2, 0.25) is 0 Å². The average Bonchev–Trinajstić information content (AvgIpc) is 2.29. The highest BCUT2D eigenvalue weighted by molar-refractivity contribution is 5.73. The van der Waals surface area contributed by atoms with Crippen molar-refractivity contribution in [1.82, 2.24) is 10.6 Å². The number of rotatable bonds is 9. The Bertz CT molecular complexity index is 255. The lowest BCUT2D eigenvalue weighted by molar-refractivity contribution is -0.138. The molecular formula is C13H26N2O3. The normalized spacial score (nSPS) is 12.2. The molecule has 0 aliphatic rings. The molecule has 1 unspecified atom stereocenters.